The summed E-state index contributed by atoms with van der Waals surface area (Å²) in [5.74, 6) is -0.342. The number of aromatic nitrogens is 1. The molecule has 166 valence electrons. The van der Waals surface area contributed by atoms with Gasteiger partial charge in [-0.3, -0.25) is 9.78 Å². The van der Waals surface area contributed by atoms with Gasteiger partial charge < -0.3 is 19.7 Å². The maximum Gasteiger partial charge on any atom is 0.253 e. The minimum absolute atomic E-state index is 0.106. The van der Waals surface area contributed by atoms with Crippen molar-refractivity contribution in [2.45, 2.75) is 11.4 Å². The van der Waals surface area contributed by atoms with E-state index < -0.39 is 10.0 Å². The van der Waals surface area contributed by atoms with Crippen LogP contribution in [-0.2, 0) is 26.0 Å². The van der Waals surface area contributed by atoms with Crippen molar-refractivity contribution in [3.05, 3.63) is 53.9 Å². The first kappa shape index (κ1) is 21.7. The number of sulfonamides is 1. The second-order valence-electron chi connectivity index (χ2n) is 7.30. The second-order valence-corrected chi connectivity index (χ2v) is 9.24. The van der Waals surface area contributed by atoms with Gasteiger partial charge in [0.05, 0.1) is 49.1 Å². The lowest BCUT2D eigenvalue weighted by Gasteiger charge is -2.31. The molecule has 2 aromatic rings. The van der Waals surface area contributed by atoms with Crippen molar-refractivity contribution in [3.63, 3.8) is 0 Å². The Kier molecular flexibility index (Phi) is 6.81. The van der Waals surface area contributed by atoms with Crippen LogP contribution in [0.3, 0.4) is 0 Å². The van der Waals surface area contributed by atoms with Crippen LogP contribution in [0, 0.1) is 0 Å². The van der Waals surface area contributed by atoms with E-state index in [-0.39, 0.29) is 17.3 Å². The predicted octanol–water partition coefficient (Wildman–Crippen LogP) is 0.869. The molecule has 2 fully saturated rings. The Morgan fingerprint density at radius 3 is 2.39 bits per heavy atom. The summed E-state index contributed by atoms with van der Waals surface area (Å²) in [5, 5.41) is 2.87. The van der Waals surface area contributed by atoms with Crippen LogP contribution in [0.1, 0.15) is 16.1 Å². The van der Waals surface area contributed by atoms with Crippen LogP contribution in [0.2, 0.25) is 0 Å². The molecule has 0 spiro atoms. The normalized spacial score (nSPS) is 18.0. The fourth-order valence-electron chi connectivity index (χ4n) is 3.64. The number of benzene rings is 1. The van der Waals surface area contributed by atoms with E-state index in [4.69, 9.17) is 9.47 Å². The number of morpholine rings is 2. The zero-order valence-electron chi connectivity index (χ0n) is 17.2. The van der Waals surface area contributed by atoms with E-state index in [1.807, 2.05) is 23.1 Å². The number of carbonyl (C=O) groups is 1. The van der Waals surface area contributed by atoms with Gasteiger partial charge in [-0.1, -0.05) is 6.07 Å². The average Bonchev–Trinajstić information content (AvgIpc) is 2.84. The smallest absolute Gasteiger partial charge is 0.253 e. The molecule has 1 amide bonds. The molecule has 0 saturated carbocycles. The van der Waals surface area contributed by atoms with Crippen molar-refractivity contribution in [1.29, 1.82) is 0 Å². The molecule has 4 rings (SSSR count). The van der Waals surface area contributed by atoms with Gasteiger partial charge in [-0.05, 0) is 30.3 Å². The Morgan fingerprint density at radius 1 is 1.00 bits per heavy atom. The van der Waals surface area contributed by atoms with Crippen LogP contribution in [0.25, 0.3) is 0 Å². The molecule has 2 aliphatic rings. The summed E-state index contributed by atoms with van der Waals surface area (Å²) in [6, 6.07) is 10.2. The third-order valence-electron chi connectivity index (χ3n) is 5.33. The van der Waals surface area contributed by atoms with Crippen LogP contribution in [-0.4, -0.2) is 76.2 Å². The fraction of sp³-hybridized carbons (Fsp3) is 0.429. The molecule has 1 aromatic carbocycles. The number of amides is 1. The monoisotopic (exact) mass is 446 g/mol. The molecule has 1 aromatic heterocycles. The Morgan fingerprint density at radius 2 is 1.71 bits per heavy atom. The Hall–Kier alpha value is -2.53. The Balaban J connectivity index is 1.63. The minimum atomic E-state index is -3.71. The number of hydrogen-bond donors (Lipinski definition) is 1. The van der Waals surface area contributed by atoms with E-state index in [0.717, 1.165) is 5.69 Å². The van der Waals surface area contributed by atoms with Crippen LogP contribution < -0.4 is 10.2 Å². The average molecular weight is 447 g/mol. The molecule has 31 heavy (non-hydrogen) atoms. The number of nitrogens with one attached hydrogen (secondary N) is 1. The molecule has 0 radical (unpaired) electrons. The lowest BCUT2D eigenvalue weighted by atomic mass is 10.1. The van der Waals surface area contributed by atoms with Gasteiger partial charge in [-0.15, -0.1) is 0 Å². The number of rotatable bonds is 6. The quantitative estimate of drug-likeness (QED) is 0.703. The number of hydrogen-bond acceptors (Lipinski definition) is 7. The summed E-state index contributed by atoms with van der Waals surface area (Å²) in [6.07, 6.45) is 1.66. The third-order valence-corrected chi connectivity index (χ3v) is 7.22. The maximum atomic E-state index is 13.1. The van der Waals surface area contributed by atoms with Crippen LogP contribution in [0.5, 0.6) is 0 Å². The topological polar surface area (TPSA) is 101 Å². The lowest BCUT2D eigenvalue weighted by Crippen LogP contribution is -2.41. The molecule has 0 aliphatic carbocycles. The van der Waals surface area contributed by atoms with Crippen molar-refractivity contribution in [2.24, 2.45) is 0 Å². The standard InChI is InChI=1S/C21H26N4O5S/c26-21(23-16-17-3-1-2-6-22-17)19-15-18(31(27,28)25-9-13-30-14-10-25)4-5-20(19)24-7-11-29-12-8-24/h1-6,15H,7-14,16H2,(H,23,26). The highest BCUT2D eigenvalue weighted by Gasteiger charge is 2.29. The highest BCUT2D eigenvalue weighted by atomic mass is 32.2. The zero-order valence-corrected chi connectivity index (χ0v) is 18.0. The van der Waals surface area contributed by atoms with E-state index in [9.17, 15) is 13.2 Å². The van der Waals surface area contributed by atoms with E-state index in [1.165, 1.54) is 10.4 Å². The first-order valence-corrected chi connectivity index (χ1v) is 11.7. The molecule has 2 saturated heterocycles. The number of anilines is 1. The third kappa shape index (κ3) is 5.04. The summed E-state index contributed by atoms with van der Waals surface area (Å²) >= 11 is 0. The maximum absolute atomic E-state index is 13.1. The van der Waals surface area contributed by atoms with Gasteiger partial charge in [0.1, 0.15) is 0 Å². The van der Waals surface area contributed by atoms with Crippen molar-refractivity contribution < 1.29 is 22.7 Å². The van der Waals surface area contributed by atoms with E-state index in [0.29, 0.717) is 63.9 Å². The summed E-state index contributed by atoms with van der Waals surface area (Å²) in [6.45, 7) is 3.97. The molecule has 10 heteroatoms. The van der Waals surface area contributed by atoms with E-state index in [2.05, 4.69) is 10.3 Å². The summed E-state index contributed by atoms with van der Waals surface area (Å²) in [5.41, 5.74) is 1.75. The van der Waals surface area contributed by atoms with Crippen molar-refractivity contribution >= 4 is 21.6 Å². The zero-order chi connectivity index (χ0) is 21.7. The highest BCUT2D eigenvalue weighted by Crippen LogP contribution is 2.27. The SMILES string of the molecule is O=C(NCc1ccccn1)c1cc(S(=O)(=O)N2CCOCC2)ccc1N1CCOCC1. The predicted molar refractivity (Wildman–Crippen MR) is 114 cm³/mol. The number of ether oxygens (including phenoxy) is 2. The molecule has 0 atom stereocenters. The molecule has 2 aliphatic heterocycles. The Labute approximate surface area is 182 Å². The van der Waals surface area contributed by atoms with Crippen molar-refractivity contribution in [1.82, 2.24) is 14.6 Å². The minimum Gasteiger partial charge on any atom is -0.379 e. The van der Waals surface area contributed by atoms with Crippen LogP contribution in [0.4, 0.5) is 5.69 Å². The molecule has 0 unspecified atom stereocenters. The first-order valence-electron chi connectivity index (χ1n) is 10.3. The van der Waals surface area contributed by atoms with Gasteiger partial charge in [0, 0.05) is 38.1 Å². The number of nitrogens with zero attached hydrogens (tertiary/aromatic N) is 3. The number of pyridine rings is 1. The molecule has 9 nitrogen and oxygen atoms in total. The van der Waals surface area contributed by atoms with Gasteiger partial charge in [0.15, 0.2) is 0 Å². The highest BCUT2D eigenvalue weighted by molar-refractivity contribution is 7.89. The first-order chi connectivity index (χ1) is 15.1. The second kappa shape index (κ2) is 9.73. The largest absolute Gasteiger partial charge is 0.379 e. The van der Waals surface area contributed by atoms with Gasteiger partial charge in [0.25, 0.3) is 5.91 Å². The van der Waals surface area contributed by atoms with Crippen LogP contribution in [0.15, 0.2) is 47.5 Å². The molecule has 0 bridgehead atoms. The van der Waals surface area contributed by atoms with Crippen molar-refractivity contribution in [3.8, 4) is 0 Å². The van der Waals surface area contributed by atoms with Gasteiger partial charge in [-0.2, -0.15) is 4.31 Å². The fourth-order valence-corrected chi connectivity index (χ4v) is 5.08. The van der Waals surface area contributed by atoms with E-state index >= 15 is 0 Å². The van der Waals surface area contributed by atoms with Gasteiger partial charge in [0.2, 0.25) is 10.0 Å². The summed E-state index contributed by atoms with van der Waals surface area (Å²) < 4.78 is 38.3. The number of carbonyl (C=O) groups excluding carboxylic acids is 1. The molecular weight excluding hydrogens is 420 g/mol. The molecule has 1 N–H and O–H groups in total. The van der Waals surface area contributed by atoms with Crippen molar-refractivity contribution in [2.75, 3.05) is 57.5 Å². The lowest BCUT2D eigenvalue weighted by molar-refractivity contribution is 0.0730. The van der Waals surface area contributed by atoms with Gasteiger partial charge in [-0.25, -0.2) is 8.42 Å². The summed E-state index contributed by atoms with van der Waals surface area (Å²) in [7, 11) is -3.71. The molecular formula is C21H26N4O5S. The van der Waals surface area contributed by atoms with E-state index in [1.54, 1.807) is 18.3 Å². The Bertz CT molecular complexity index is 1000. The molecule has 3 heterocycles. The van der Waals surface area contributed by atoms with Crippen LogP contribution >= 0.6 is 0 Å². The summed E-state index contributed by atoms with van der Waals surface area (Å²) in [4.78, 5) is 19.5. The van der Waals surface area contributed by atoms with Gasteiger partial charge >= 0.3 is 0 Å².